The summed E-state index contributed by atoms with van der Waals surface area (Å²) in [6.07, 6.45) is 1.84. The summed E-state index contributed by atoms with van der Waals surface area (Å²) >= 11 is 3.52. The van der Waals surface area contributed by atoms with Crippen molar-refractivity contribution in [2.45, 2.75) is 19.9 Å². The first-order valence-electron chi connectivity index (χ1n) is 6.95. The number of methoxy groups -OCH3 is 2. The molecule has 0 saturated carbocycles. The standard InChI is InChI=1S/C16H21BrN2O2/c1-11(2)19(8-6-17)16-13-10-15(21-4)14(20-3)9-12(13)5-7-18-16/h5,7,9-11H,6,8H2,1-4H3. The maximum Gasteiger partial charge on any atom is 0.161 e. The van der Waals surface area contributed by atoms with Gasteiger partial charge in [-0.05, 0) is 37.4 Å². The molecule has 0 fully saturated rings. The number of nitrogens with zero attached hydrogens (tertiary/aromatic N) is 2. The monoisotopic (exact) mass is 352 g/mol. The zero-order chi connectivity index (χ0) is 15.4. The van der Waals surface area contributed by atoms with E-state index in [9.17, 15) is 0 Å². The summed E-state index contributed by atoms with van der Waals surface area (Å²) in [5.41, 5.74) is 0. The largest absolute Gasteiger partial charge is 0.493 e. The number of aromatic nitrogens is 1. The molecule has 0 bridgehead atoms. The van der Waals surface area contributed by atoms with Gasteiger partial charge >= 0.3 is 0 Å². The Morgan fingerprint density at radius 3 is 2.43 bits per heavy atom. The van der Waals surface area contributed by atoms with Crippen molar-refractivity contribution in [2.75, 3.05) is 31.0 Å². The summed E-state index contributed by atoms with van der Waals surface area (Å²) in [6, 6.07) is 6.35. The lowest BCUT2D eigenvalue weighted by molar-refractivity contribution is 0.356. The lowest BCUT2D eigenvalue weighted by atomic mass is 10.1. The fourth-order valence-corrected chi connectivity index (χ4v) is 2.79. The third-order valence-corrected chi connectivity index (χ3v) is 3.82. The van der Waals surface area contributed by atoms with E-state index in [1.807, 2.05) is 24.4 Å². The minimum absolute atomic E-state index is 0.369. The zero-order valence-corrected chi connectivity index (χ0v) is 14.5. The fourth-order valence-electron chi connectivity index (χ4n) is 2.41. The van der Waals surface area contributed by atoms with E-state index in [1.54, 1.807) is 14.2 Å². The number of rotatable bonds is 6. The molecule has 2 aromatic rings. The van der Waals surface area contributed by atoms with Gasteiger partial charge in [0.2, 0.25) is 0 Å². The van der Waals surface area contributed by atoms with Crippen molar-refractivity contribution in [3.63, 3.8) is 0 Å². The Morgan fingerprint density at radius 2 is 1.86 bits per heavy atom. The second-order valence-corrected chi connectivity index (χ2v) is 5.83. The molecule has 0 atom stereocenters. The van der Waals surface area contributed by atoms with Crippen LogP contribution in [0.3, 0.4) is 0 Å². The van der Waals surface area contributed by atoms with Crippen LogP contribution in [0.25, 0.3) is 10.8 Å². The Morgan fingerprint density at radius 1 is 1.19 bits per heavy atom. The van der Waals surface area contributed by atoms with Gasteiger partial charge in [0.05, 0.1) is 14.2 Å². The highest BCUT2D eigenvalue weighted by Gasteiger charge is 2.16. The van der Waals surface area contributed by atoms with Crippen LogP contribution in [0.5, 0.6) is 11.5 Å². The Balaban J connectivity index is 2.63. The van der Waals surface area contributed by atoms with Crippen molar-refractivity contribution in [2.24, 2.45) is 0 Å². The van der Waals surface area contributed by atoms with E-state index in [-0.39, 0.29) is 0 Å². The van der Waals surface area contributed by atoms with E-state index in [1.165, 1.54) is 0 Å². The molecule has 0 N–H and O–H groups in total. The molecule has 114 valence electrons. The predicted molar refractivity (Wildman–Crippen MR) is 91.1 cm³/mol. The fraction of sp³-hybridized carbons (Fsp3) is 0.438. The molecular weight excluding hydrogens is 332 g/mol. The molecule has 0 unspecified atom stereocenters. The average Bonchev–Trinajstić information content (AvgIpc) is 2.50. The van der Waals surface area contributed by atoms with E-state index in [4.69, 9.17) is 9.47 Å². The molecule has 0 aliphatic carbocycles. The van der Waals surface area contributed by atoms with Crippen LogP contribution in [0.1, 0.15) is 13.8 Å². The van der Waals surface area contributed by atoms with Gasteiger partial charge in [0.25, 0.3) is 0 Å². The van der Waals surface area contributed by atoms with Gasteiger partial charge in [0, 0.05) is 29.5 Å². The van der Waals surface area contributed by atoms with Crippen molar-refractivity contribution in [3.05, 3.63) is 24.4 Å². The maximum absolute atomic E-state index is 5.42. The van der Waals surface area contributed by atoms with E-state index in [2.05, 4.69) is 39.7 Å². The van der Waals surface area contributed by atoms with Gasteiger partial charge in [-0.3, -0.25) is 0 Å². The minimum atomic E-state index is 0.369. The van der Waals surface area contributed by atoms with Crippen LogP contribution in [0.4, 0.5) is 5.82 Å². The molecule has 1 heterocycles. The van der Waals surface area contributed by atoms with Gasteiger partial charge in [-0.2, -0.15) is 0 Å². The second kappa shape index (κ2) is 6.98. The third-order valence-electron chi connectivity index (χ3n) is 3.47. The minimum Gasteiger partial charge on any atom is -0.493 e. The van der Waals surface area contributed by atoms with Gasteiger partial charge < -0.3 is 14.4 Å². The summed E-state index contributed by atoms with van der Waals surface area (Å²) in [6.45, 7) is 5.24. The Kier molecular flexibility index (Phi) is 5.28. The molecule has 21 heavy (non-hydrogen) atoms. The van der Waals surface area contributed by atoms with E-state index >= 15 is 0 Å². The van der Waals surface area contributed by atoms with E-state index in [0.717, 1.165) is 40.0 Å². The highest BCUT2D eigenvalue weighted by atomic mass is 79.9. The number of benzene rings is 1. The van der Waals surface area contributed by atoms with Gasteiger partial charge in [0.1, 0.15) is 5.82 Å². The highest BCUT2D eigenvalue weighted by Crippen LogP contribution is 2.36. The van der Waals surface area contributed by atoms with Crippen LogP contribution in [0, 0.1) is 0 Å². The lowest BCUT2D eigenvalue weighted by Gasteiger charge is -2.28. The molecule has 5 heteroatoms. The number of ether oxygens (including phenoxy) is 2. The Labute approximate surface area is 134 Å². The molecule has 1 aromatic carbocycles. The van der Waals surface area contributed by atoms with Crippen LogP contribution in [0.2, 0.25) is 0 Å². The van der Waals surface area contributed by atoms with E-state index in [0.29, 0.717) is 6.04 Å². The quantitative estimate of drug-likeness (QED) is 0.739. The highest BCUT2D eigenvalue weighted by molar-refractivity contribution is 9.09. The normalized spacial score (nSPS) is 11.0. The average molecular weight is 353 g/mol. The molecule has 1 aromatic heterocycles. The predicted octanol–water partition coefficient (Wildman–Crippen LogP) is 3.86. The van der Waals surface area contributed by atoms with Gasteiger partial charge in [-0.25, -0.2) is 4.98 Å². The number of pyridine rings is 1. The first-order valence-corrected chi connectivity index (χ1v) is 8.07. The first kappa shape index (κ1) is 15.9. The third kappa shape index (κ3) is 3.23. The summed E-state index contributed by atoms with van der Waals surface area (Å²) < 4.78 is 10.8. The summed E-state index contributed by atoms with van der Waals surface area (Å²) in [5.74, 6) is 2.43. The number of alkyl halides is 1. The van der Waals surface area contributed by atoms with Crippen LogP contribution < -0.4 is 14.4 Å². The molecule has 0 radical (unpaired) electrons. The van der Waals surface area contributed by atoms with Gasteiger partial charge in [-0.15, -0.1) is 0 Å². The van der Waals surface area contributed by atoms with Crippen LogP contribution in [-0.2, 0) is 0 Å². The van der Waals surface area contributed by atoms with Gasteiger partial charge in [-0.1, -0.05) is 15.9 Å². The van der Waals surface area contributed by atoms with Crippen LogP contribution in [0.15, 0.2) is 24.4 Å². The molecule has 4 nitrogen and oxygen atoms in total. The smallest absolute Gasteiger partial charge is 0.161 e. The number of halogens is 1. The van der Waals surface area contributed by atoms with Crippen molar-refractivity contribution < 1.29 is 9.47 Å². The van der Waals surface area contributed by atoms with Crippen molar-refractivity contribution >= 4 is 32.5 Å². The van der Waals surface area contributed by atoms with Crippen LogP contribution in [-0.4, -0.2) is 37.1 Å². The number of fused-ring (bicyclic) bond motifs is 1. The number of anilines is 1. The molecule has 0 aliphatic heterocycles. The summed E-state index contributed by atoms with van der Waals surface area (Å²) in [7, 11) is 3.30. The van der Waals surface area contributed by atoms with Crippen molar-refractivity contribution in [1.82, 2.24) is 4.98 Å². The van der Waals surface area contributed by atoms with Crippen LogP contribution >= 0.6 is 15.9 Å². The molecule has 0 amide bonds. The molecule has 0 spiro atoms. The molecular formula is C16H21BrN2O2. The molecule has 0 aliphatic rings. The number of hydrogen-bond donors (Lipinski definition) is 0. The van der Waals surface area contributed by atoms with E-state index < -0.39 is 0 Å². The first-order chi connectivity index (χ1) is 10.1. The second-order valence-electron chi connectivity index (χ2n) is 5.04. The lowest BCUT2D eigenvalue weighted by Crippen LogP contribution is -2.33. The number of hydrogen-bond acceptors (Lipinski definition) is 4. The maximum atomic E-state index is 5.42. The zero-order valence-electron chi connectivity index (χ0n) is 12.9. The van der Waals surface area contributed by atoms with Crippen molar-refractivity contribution in [3.8, 4) is 11.5 Å². The summed E-state index contributed by atoms with van der Waals surface area (Å²) in [4.78, 5) is 6.87. The SMILES string of the molecule is COc1cc2ccnc(N(CCBr)C(C)C)c2cc1OC. The molecule has 2 rings (SSSR count). The Bertz CT molecular complexity index is 616. The van der Waals surface area contributed by atoms with Crippen molar-refractivity contribution in [1.29, 1.82) is 0 Å². The Hall–Kier alpha value is -1.49. The topological polar surface area (TPSA) is 34.6 Å². The summed E-state index contributed by atoms with van der Waals surface area (Å²) in [5, 5.41) is 3.07. The van der Waals surface area contributed by atoms with Gasteiger partial charge in [0.15, 0.2) is 11.5 Å². The molecule has 0 saturated heterocycles.